The van der Waals surface area contributed by atoms with Gasteiger partial charge in [-0.25, -0.2) is 0 Å². The van der Waals surface area contributed by atoms with E-state index in [4.69, 9.17) is 4.74 Å². The highest BCUT2D eigenvalue weighted by atomic mass is 16.5. The molecule has 2 rings (SSSR count). The first kappa shape index (κ1) is 14.3. The molecule has 0 aliphatic heterocycles. The van der Waals surface area contributed by atoms with Crippen LogP contribution in [-0.4, -0.2) is 36.0 Å². The third-order valence-electron chi connectivity index (χ3n) is 3.80. The van der Waals surface area contributed by atoms with Crippen LogP contribution < -0.4 is 10.1 Å². The molecule has 0 heterocycles. The second kappa shape index (κ2) is 6.89. The van der Waals surface area contributed by atoms with Crippen LogP contribution >= 0.6 is 0 Å². The Balaban J connectivity index is 1.84. The molecule has 1 saturated carbocycles. The SMILES string of the molecule is COc1ccc(C(O)CNC2CCCCC2O)cc1. The second-order valence-corrected chi connectivity index (χ2v) is 5.16. The van der Waals surface area contributed by atoms with Gasteiger partial charge in [-0.05, 0) is 30.5 Å². The number of methoxy groups -OCH3 is 1. The third kappa shape index (κ3) is 3.93. The lowest BCUT2D eigenvalue weighted by Crippen LogP contribution is -2.43. The van der Waals surface area contributed by atoms with E-state index in [-0.39, 0.29) is 12.1 Å². The summed E-state index contributed by atoms with van der Waals surface area (Å²) in [5, 5.41) is 23.2. The molecule has 19 heavy (non-hydrogen) atoms. The van der Waals surface area contributed by atoms with Gasteiger partial charge in [0.15, 0.2) is 0 Å². The van der Waals surface area contributed by atoms with Gasteiger partial charge in [0.05, 0.1) is 19.3 Å². The molecule has 1 aromatic rings. The van der Waals surface area contributed by atoms with Gasteiger partial charge in [0.2, 0.25) is 0 Å². The number of ether oxygens (including phenoxy) is 1. The maximum absolute atomic E-state index is 10.1. The number of hydrogen-bond donors (Lipinski definition) is 3. The van der Waals surface area contributed by atoms with Gasteiger partial charge in [0, 0.05) is 12.6 Å². The minimum atomic E-state index is -0.556. The fourth-order valence-corrected chi connectivity index (χ4v) is 2.56. The number of nitrogens with one attached hydrogen (secondary N) is 1. The van der Waals surface area contributed by atoms with Crippen LogP contribution in [0.2, 0.25) is 0 Å². The van der Waals surface area contributed by atoms with Crippen molar-refractivity contribution in [2.75, 3.05) is 13.7 Å². The molecule has 1 aliphatic rings. The molecule has 1 aliphatic carbocycles. The highest BCUT2D eigenvalue weighted by Crippen LogP contribution is 2.20. The summed E-state index contributed by atoms with van der Waals surface area (Å²) in [4.78, 5) is 0. The average Bonchev–Trinajstić information content (AvgIpc) is 2.46. The van der Waals surface area contributed by atoms with Crippen molar-refractivity contribution in [2.45, 2.75) is 43.9 Å². The number of aliphatic hydroxyl groups excluding tert-OH is 2. The Morgan fingerprint density at radius 3 is 2.58 bits per heavy atom. The van der Waals surface area contributed by atoms with Crippen molar-refractivity contribution in [3.8, 4) is 5.75 Å². The summed E-state index contributed by atoms with van der Waals surface area (Å²) in [5.41, 5.74) is 0.860. The zero-order chi connectivity index (χ0) is 13.7. The van der Waals surface area contributed by atoms with Crippen LogP contribution in [0.3, 0.4) is 0 Å². The molecule has 0 radical (unpaired) electrons. The van der Waals surface area contributed by atoms with Crippen molar-refractivity contribution >= 4 is 0 Å². The summed E-state index contributed by atoms with van der Waals surface area (Å²) >= 11 is 0. The van der Waals surface area contributed by atoms with Crippen LogP contribution in [0.25, 0.3) is 0 Å². The third-order valence-corrected chi connectivity index (χ3v) is 3.80. The fraction of sp³-hybridized carbons (Fsp3) is 0.600. The molecule has 0 spiro atoms. The molecule has 0 bridgehead atoms. The van der Waals surface area contributed by atoms with E-state index in [0.29, 0.717) is 6.54 Å². The van der Waals surface area contributed by atoms with Gasteiger partial charge in [-0.1, -0.05) is 25.0 Å². The van der Waals surface area contributed by atoms with E-state index in [0.717, 1.165) is 37.0 Å². The standard InChI is InChI=1S/C15H23NO3/c1-19-12-8-6-11(7-9-12)15(18)10-16-13-4-2-3-5-14(13)17/h6-9,13-18H,2-5,10H2,1H3. The monoisotopic (exact) mass is 265 g/mol. The van der Waals surface area contributed by atoms with Crippen molar-refractivity contribution in [3.05, 3.63) is 29.8 Å². The summed E-state index contributed by atoms with van der Waals surface area (Å²) in [7, 11) is 1.62. The summed E-state index contributed by atoms with van der Waals surface area (Å²) in [6.07, 6.45) is 3.25. The van der Waals surface area contributed by atoms with Crippen LogP contribution in [0.1, 0.15) is 37.4 Å². The maximum atomic E-state index is 10.1. The van der Waals surface area contributed by atoms with Crippen molar-refractivity contribution in [1.29, 1.82) is 0 Å². The molecule has 1 aromatic carbocycles. The normalized spacial score (nSPS) is 25.0. The average molecular weight is 265 g/mol. The Morgan fingerprint density at radius 2 is 1.95 bits per heavy atom. The molecule has 106 valence electrons. The molecular weight excluding hydrogens is 242 g/mol. The minimum absolute atomic E-state index is 0.113. The van der Waals surface area contributed by atoms with E-state index in [1.807, 2.05) is 24.3 Å². The van der Waals surface area contributed by atoms with Gasteiger partial charge < -0.3 is 20.3 Å². The molecule has 3 unspecified atom stereocenters. The van der Waals surface area contributed by atoms with Gasteiger partial charge in [0.25, 0.3) is 0 Å². The Bertz CT molecular complexity index is 379. The largest absolute Gasteiger partial charge is 0.497 e. The molecule has 1 fully saturated rings. The number of rotatable bonds is 5. The first-order valence-electron chi connectivity index (χ1n) is 6.94. The first-order valence-corrected chi connectivity index (χ1v) is 6.94. The fourth-order valence-electron chi connectivity index (χ4n) is 2.56. The predicted octanol–water partition coefficient (Wildman–Crippen LogP) is 1.62. The molecule has 3 N–H and O–H groups in total. The highest BCUT2D eigenvalue weighted by molar-refractivity contribution is 5.28. The van der Waals surface area contributed by atoms with Crippen molar-refractivity contribution in [1.82, 2.24) is 5.32 Å². The summed E-state index contributed by atoms with van der Waals surface area (Å²) in [5.74, 6) is 0.784. The molecule has 4 nitrogen and oxygen atoms in total. The van der Waals surface area contributed by atoms with E-state index < -0.39 is 6.10 Å². The van der Waals surface area contributed by atoms with Crippen molar-refractivity contribution in [2.24, 2.45) is 0 Å². The second-order valence-electron chi connectivity index (χ2n) is 5.16. The summed E-state index contributed by atoms with van der Waals surface area (Å²) < 4.78 is 5.09. The van der Waals surface area contributed by atoms with Crippen LogP contribution in [-0.2, 0) is 0 Å². The smallest absolute Gasteiger partial charge is 0.118 e. The topological polar surface area (TPSA) is 61.7 Å². The van der Waals surface area contributed by atoms with Gasteiger partial charge in [-0.2, -0.15) is 0 Å². The molecule has 0 aromatic heterocycles. The van der Waals surface area contributed by atoms with E-state index in [2.05, 4.69) is 5.32 Å². The number of benzene rings is 1. The molecule has 0 amide bonds. The lowest BCUT2D eigenvalue weighted by Gasteiger charge is -2.29. The van der Waals surface area contributed by atoms with E-state index in [1.165, 1.54) is 0 Å². The zero-order valence-electron chi connectivity index (χ0n) is 11.4. The Morgan fingerprint density at radius 1 is 1.26 bits per heavy atom. The number of hydrogen-bond acceptors (Lipinski definition) is 4. The van der Waals surface area contributed by atoms with Gasteiger partial charge in [-0.3, -0.25) is 0 Å². The highest BCUT2D eigenvalue weighted by Gasteiger charge is 2.23. The Kier molecular flexibility index (Phi) is 5.19. The predicted molar refractivity (Wildman–Crippen MR) is 74.2 cm³/mol. The van der Waals surface area contributed by atoms with E-state index >= 15 is 0 Å². The zero-order valence-corrected chi connectivity index (χ0v) is 11.4. The van der Waals surface area contributed by atoms with Crippen LogP contribution in [0.4, 0.5) is 0 Å². The van der Waals surface area contributed by atoms with Crippen LogP contribution in [0.15, 0.2) is 24.3 Å². The lowest BCUT2D eigenvalue weighted by molar-refractivity contribution is 0.0797. The van der Waals surface area contributed by atoms with Crippen LogP contribution in [0.5, 0.6) is 5.75 Å². The molecule has 4 heteroatoms. The number of aliphatic hydroxyl groups is 2. The van der Waals surface area contributed by atoms with E-state index in [9.17, 15) is 10.2 Å². The molecular formula is C15H23NO3. The summed E-state index contributed by atoms with van der Waals surface area (Å²) in [6.45, 7) is 0.466. The summed E-state index contributed by atoms with van der Waals surface area (Å²) in [6, 6.07) is 7.52. The Hall–Kier alpha value is -1.10. The van der Waals surface area contributed by atoms with Gasteiger partial charge in [-0.15, -0.1) is 0 Å². The van der Waals surface area contributed by atoms with Gasteiger partial charge in [0.1, 0.15) is 5.75 Å². The molecule has 3 atom stereocenters. The minimum Gasteiger partial charge on any atom is -0.497 e. The lowest BCUT2D eigenvalue weighted by atomic mass is 9.92. The van der Waals surface area contributed by atoms with Crippen molar-refractivity contribution < 1.29 is 14.9 Å². The van der Waals surface area contributed by atoms with Crippen LogP contribution in [0, 0.1) is 0 Å². The van der Waals surface area contributed by atoms with Crippen molar-refractivity contribution in [3.63, 3.8) is 0 Å². The quantitative estimate of drug-likeness (QED) is 0.757. The Labute approximate surface area is 114 Å². The van der Waals surface area contributed by atoms with E-state index in [1.54, 1.807) is 7.11 Å². The maximum Gasteiger partial charge on any atom is 0.118 e. The molecule has 0 saturated heterocycles. The van der Waals surface area contributed by atoms with Gasteiger partial charge >= 0.3 is 0 Å². The first-order chi connectivity index (χ1) is 9.20.